The number of aromatic nitrogens is 2. The maximum atomic E-state index is 13.4. The van der Waals surface area contributed by atoms with Gasteiger partial charge < -0.3 is 14.4 Å². The minimum absolute atomic E-state index is 0.0412. The summed E-state index contributed by atoms with van der Waals surface area (Å²) in [6.45, 7) is 4.03. The lowest BCUT2D eigenvalue weighted by Gasteiger charge is -2.23. The molecular formula is C24H27F3N4O4S. The lowest BCUT2D eigenvalue weighted by molar-refractivity contribution is -0.139. The van der Waals surface area contributed by atoms with Crippen LogP contribution in [0.25, 0.3) is 10.2 Å². The van der Waals surface area contributed by atoms with Gasteiger partial charge in [-0.2, -0.15) is 18.2 Å². The average Bonchev–Trinajstić information content (AvgIpc) is 3.16. The number of thiazole rings is 1. The highest BCUT2D eigenvalue weighted by Gasteiger charge is 2.32. The number of benzene rings is 1. The van der Waals surface area contributed by atoms with Crippen molar-refractivity contribution in [3.63, 3.8) is 0 Å². The van der Waals surface area contributed by atoms with Gasteiger partial charge in [0.05, 0.1) is 34.1 Å². The van der Waals surface area contributed by atoms with Crippen molar-refractivity contribution in [3.05, 3.63) is 52.6 Å². The Kier molecular flexibility index (Phi) is 8.85. The Balaban J connectivity index is 2.01. The van der Waals surface area contributed by atoms with E-state index in [-0.39, 0.29) is 30.5 Å². The van der Waals surface area contributed by atoms with Crippen molar-refractivity contribution >= 4 is 33.4 Å². The van der Waals surface area contributed by atoms with Crippen LogP contribution in [0.2, 0.25) is 0 Å². The van der Waals surface area contributed by atoms with Gasteiger partial charge in [0.1, 0.15) is 12.4 Å². The molecule has 0 saturated carbocycles. The molecule has 36 heavy (non-hydrogen) atoms. The van der Waals surface area contributed by atoms with Crippen LogP contribution in [0.3, 0.4) is 0 Å². The highest BCUT2D eigenvalue weighted by molar-refractivity contribution is 7.16. The predicted octanol–water partition coefficient (Wildman–Crippen LogP) is 4.44. The molecule has 0 spiro atoms. The number of unbranched alkanes of at least 4 members (excludes halogenated alkanes) is 1. The van der Waals surface area contributed by atoms with E-state index in [1.54, 1.807) is 32.4 Å². The monoisotopic (exact) mass is 524 g/mol. The van der Waals surface area contributed by atoms with E-state index in [9.17, 15) is 22.8 Å². The van der Waals surface area contributed by atoms with Crippen molar-refractivity contribution in [3.8, 4) is 5.75 Å². The minimum atomic E-state index is -4.66. The number of carboxylic acid groups (broad SMARTS) is 1. The quantitative estimate of drug-likeness (QED) is 0.421. The number of likely N-dealkylation sites (N-methyl/N-ethyl adjacent to an activating group) is 1. The summed E-state index contributed by atoms with van der Waals surface area (Å²) in [6.07, 6.45) is 0.349. The number of amides is 1. The number of hydrogen-bond donors (Lipinski definition) is 1. The van der Waals surface area contributed by atoms with E-state index in [0.717, 1.165) is 41.3 Å². The molecule has 12 heteroatoms. The van der Waals surface area contributed by atoms with E-state index >= 15 is 0 Å². The van der Waals surface area contributed by atoms with Crippen LogP contribution in [0.15, 0.2) is 41.7 Å². The number of pyridine rings is 1. The summed E-state index contributed by atoms with van der Waals surface area (Å²) in [6, 6.07) is 4.08. The Morgan fingerprint density at radius 3 is 2.72 bits per heavy atom. The number of ether oxygens (including phenoxy) is 1. The van der Waals surface area contributed by atoms with Crippen LogP contribution in [0, 0.1) is 0 Å². The van der Waals surface area contributed by atoms with E-state index < -0.39 is 23.6 Å². The summed E-state index contributed by atoms with van der Waals surface area (Å²) >= 11 is 1.25. The number of aliphatic carboxylic acids is 1. The topological polar surface area (TPSA) is 97.0 Å². The number of rotatable bonds is 10. The summed E-state index contributed by atoms with van der Waals surface area (Å²) in [5, 5.41) is 8.96. The maximum absolute atomic E-state index is 13.4. The molecule has 3 rings (SSSR count). The summed E-state index contributed by atoms with van der Waals surface area (Å²) in [5.41, 5.74) is -0.530. The Bertz CT molecular complexity index is 1300. The molecule has 3 aromatic rings. The molecule has 2 aromatic heterocycles. The van der Waals surface area contributed by atoms with Gasteiger partial charge in [0, 0.05) is 18.8 Å². The zero-order valence-electron chi connectivity index (χ0n) is 20.1. The molecule has 0 aliphatic carbocycles. The smallest absolute Gasteiger partial charge is 0.416 e. The molecule has 0 radical (unpaired) electrons. The first-order chi connectivity index (χ1) is 17.0. The second kappa shape index (κ2) is 11.7. The average molecular weight is 525 g/mol. The molecule has 0 bridgehead atoms. The normalized spacial score (nSPS) is 13.4. The molecule has 0 saturated heterocycles. The van der Waals surface area contributed by atoms with Crippen molar-refractivity contribution in [2.45, 2.75) is 45.5 Å². The number of fused-ring (bicyclic) bond motifs is 1. The Morgan fingerprint density at radius 2 is 2.06 bits per heavy atom. The number of alkyl halides is 3. The number of hydrogen-bond acceptors (Lipinski definition) is 6. The molecule has 1 atom stereocenters. The summed E-state index contributed by atoms with van der Waals surface area (Å²) in [4.78, 5) is 34.3. The Morgan fingerprint density at radius 1 is 1.31 bits per heavy atom. The van der Waals surface area contributed by atoms with Gasteiger partial charge in [-0.3, -0.25) is 19.5 Å². The fraction of sp³-hybridized carbons (Fsp3) is 0.417. The Labute approximate surface area is 209 Å². The number of carboxylic acids is 1. The third-order valence-corrected chi connectivity index (χ3v) is 6.63. The van der Waals surface area contributed by atoms with Crippen molar-refractivity contribution in [1.82, 2.24) is 14.5 Å². The van der Waals surface area contributed by atoms with Gasteiger partial charge in [0.15, 0.2) is 4.80 Å². The van der Waals surface area contributed by atoms with Crippen LogP contribution in [0.1, 0.15) is 42.6 Å². The molecule has 0 unspecified atom stereocenters. The molecule has 194 valence electrons. The van der Waals surface area contributed by atoms with Crippen LogP contribution >= 0.6 is 11.3 Å². The zero-order valence-corrected chi connectivity index (χ0v) is 20.9. The molecule has 0 aliphatic heterocycles. The van der Waals surface area contributed by atoms with Gasteiger partial charge in [-0.15, -0.1) is 0 Å². The molecule has 2 heterocycles. The van der Waals surface area contributed by atoms with Crippen molar-refractivity contribution in [2.75, 3.05) is 20.2 Å². The zero-order chi connectivity index (χ0) is 26.5. The number of nitrogens with zero attached hydrogens (tertiary/aromatic N) is 4. The van der Waals surface area contributed by atoms with Gasteiger partial charge in [0.25, 0.3) is 5.91 Å². The number of halogens is 3. The van der Waals surface area contributed by atoms with Gasteiger partial charge in [-0.1, -0.05) is 24.7 Å². The molecule has 0 aliphatic rings. The molecule has 0 fully saturated rings. The van der Waals surface area contributed by atoms with E-state index in [4.69, 9.17) is 9.84 Å². The van der Waals surface area contributed by atoms with Gasteiger partial charge in [-0.25, -0.2) is 0 Å². The van der Waals surface area contributed by atoms with E-state index in [1.165, 1.54) is 16.2 Å². The molecule has 1 amide bonds. The third kappa shape index (κ3) is 6.70. The van der Waals surface area contributed by atoms with Gasteiger partial charge in [0.2, 0.25) is 0 Å². The van der Waals surface area contributed by atoms with Crippen LogP contribution in [-0.4, -0.2) is 57.7 Å². The SMILES string of the molecule is CCCCn1c(=NC(=O)c2cc(C(F)(F)F)ccc2OC[C@H](C)N(C)CC(=O)O)sc2ccncc21. The highest BCUT2D eigenvalue weighted by atomic mass is 32.1. The summed E-state index contributed by atoms with van der Waals surface area (Å²) in [5.74, 6) is -1.95. The van der Waals surface area contributed by atoms with Crippen molar-refractivity contribution < 1.29 is 32.6 Å². The molecule has 1 aromatic carbocycles. The van der Waals surface area contributed by atoms with Crippen molar-refractivity contribution in [2.24, 2.45) is 4.99 Å². The first kappa shape index (κ1) is 27.3. The number of aryl methyl sites for hydroxylation is 1. The lowest BCUT2D eigenvalue weighted by atomic mass is 10.1. The van der Waals surface area contributed by atoms with Crippen LogP contribution in [-0.2, 0) is 17.5 Å². The second-order valence-corrected chi connectivity index (χ2v) is 9.34. The molecular weight excluding hydrogens is 497 g/mol. The van der Waals surface area contributed by atoms with E-state index in [1.807, 2.05) is 11.5 Å². The largest absolute Gasteiger partial charge is 0.491 e. The first-order valence-corrected chi connectivity index (χ1v) is 12.1. The second-order valence-electron chi connectivity index (χ2n) is 8.33. The lowest BCUT2D eigenvalue weighted by Crippen LogP contribution is -2.37. The fourth-order valence-electron chi connectivity index (χ4n) is 3.39. The summed E-state index contributed by atoms with van der Waals surface area (Å²) in [7, 11) is 1.58. The maximum Gasteiger partial charge on any atom is 0.416 e. The highest BCUT2D eigenvalue weighted by Crippen LogP contribution is 2.33. The van der Waals surface area contributed by atoms with E-state index in [0.29, 0.717) is 11.3 Å². The van der Waals surface area contributed by atoms with Crippen molar-refractivity contribution in [1.29, 1.82) is 0 Å². The number of carbonyl (C=O) groups is 2. The van der Waals surface area contributed by atoms with Crippen LogP contribution in [0.5, 0.6) is 5.75 Å². The van der Waals surface area contributed by atoms with E-state index in [2.05, 4.69) is 9.98 Å². The van der Waals surface area contributed by atoms with Crippen LogP contribution < -0.4 is 9.54 Å². The summed E-state index contributed by atoms with van der Waals surface area (Å²) < 4.78 is 48.6. The van der Waals surface area contributed by atoms with Crippen LogP contribution in [0.4, 0.5) is 13.2 Å². The molecule has 8 nitrogen and oxygen atoms in total. The Hall–Kier alpha value is -3.25. The first-order valence-electron chi connectivity index (χ1n) is 11.3. The molecule has 1 N–H and O–H groups in total. The minimum Gasteiger partial charge on any atom is -0.491 e. The predicted molar refractivity (Wildman–Crippen MR) is 129 cm³/mol. The van der Waals surface area contributed by atoms with Gasteiger partial charge >= 0.3 is 12.1 Å². The standard InChI is InChI=1S/C24H27F3N4O4S/c1-4-5-10-31-18-12-28-9-8-20(18)36-23(31)29-22(34)17-11-16(24(25,26)27)6-7-19(17)35-14-15(2)30(3)13-21(32)33/h6-9,11-12,15H,4-5,10,13-14H2,1-3H3,(H,32,33)/t15-/m0/s1. The van der Waals surface area contributed by atoms with Gasteiger partial charge in [-0.05, 0) is 44.7 Å². The fourth-order valence-corrected chi connectivity index (χ4v) is 4.41. The third-order valence-electron chi connectivity index (χ3n) is 5.57. The number of carbonyl (C=O) groups excluding carboxylic acids is 1.